The Morgan fingerprint density at radius 2 is 1.58 bits per heavy atom. The summed E-state index contributed by atoms with van der Waals surface area (Å²) in [7, 11) is -3.03. The molecule has 0 aliphatic rings. The quantitative estimate of drug-likeness (QED) is 0.193. The summed E-state index contributed by atoms with van der Waals surface area (Å²) in [6.07, 6.45) is 0.247. The molecule has 0 bridgehead atoms. The molecule has 4 aromatic rings. The van der Waals surface area contributed by atoms with Crippen molar-refractivity contribution >= 4 is 33.5 Å². The van der Waals surface area contributed by atoms with Crippen LogP contribution in [0.15, 0.2) is 69.3 Å². The number of pyridine rings is 1. The molecule has 0 aliphatic heterocycles. The van der Waals surface area contributed by atoms with Gasteiger partial charge in [0, 0.05) is 42.5 Å². The third-order valence-corrected chi connectivity index (χ3v) is 9.21. The van der Waals surface area contributed by atoms with E-state index in [1.807, 2.05) is 4.72 Å². The number of hydrogen-bond acceptors (Lipinski definition) is 9. The van der Waals surface area contributed by atoms with E-state index in [9.17, 15) is 32.4 Å². The molecule has 2 heterocycles. The molecule has 0 aliphatic carbocycles. The highest BCUT2D eigenvalue weighted by Gasteiger charge is 2.28. The van der Waals surface area contributed by atoms with Gasteiger partial charge in [-0.15, -0.1) is 0 Å². The Hall–Kier alpha value is -5.71. The van der Waals surface area contributed by atoms with Gasteiger partial charge in [0.15, 0.2) is 5.03 Å². The first-order valence-corrected chi connectivity index (χ1v) is 17.8. The molecule has 0 radical (unpaired) electrons. The second-order valence-electron chi connectivity index (χ2n) is 13.6. The fraction of sp³-hybridized carbons (Fsp3) is 0.333. The number of benzene rings is 2. The number of amides is 2. The van der Waals surface area contributed by atoms with E-state index in [0.717, 1.165) is 16.8 Å². The average molecular weight is 755 g/mol. The number of ether oxygens (including phenoxy) is 1. The molecule has 2 amide bonds. The van der Waals surface area contributed by atoms with Crippen molar-refractivity contribution in [2.45, 2.75) is 77.6 Å². The maximum absolute atomic E-state index is 15.3. The Kier molecular flexibility index (Phi) is 11.7. The van der Waals surface area contributed by atoms with Crippen LogP contribution in [0.5, 0.6) is 0 Å². The molecule has 2 aromatic heterocycles. The van der Waals surface area contributed by atoms with Gasteiger partial charge in [-0.3, -0.25) is 19.1 Å². The van der Waals surface area contributed by atoms with Gasteiger partial charge in [-0.1, -0.05) is 12.1 Å². The van der Waals surface area contributed by atoms with Crippen LogP contribution in [-0.4, -0.2) is 58.0 Å². The number of nitrogens with one attached hydrogen (secondary N) is 3. The molecule has 1 atom stereocenters. The minimum absolute atomic E-state index is 0.0697. The van der Waals surface area contributed by atoms with Crippen LogP contribution in [0, 0.1) is 25.5 Å². The number of aromatic nitrogens is 3. The van der Waals surface area contributed by atoms with Gasteiger partial charge < -0.3 is 19.9 Å². The molecule has 0 saturated heterocycles. The monoisotopic (exact) mass is 754 g/mol. The van der Waals surface area contributed by atoms with Crippen molar-refractivity contribution in [2.24, 2.45) is 7.05 Å². The summed E-state index contributed by atoms with van der Waals surface area (Å²) in [5, 5.41) is 4.46. The summed E-state index contributed by atoms with van der Waals surface area (Å²) in [5.74, 6) is -5.21. The fourth-order valence-corrected chi connectivity index (χ4v) is 6.01. The molecule has 2 aromatic carbocycles. The minimum Gasteiger partial charge on any atom is -0.461 e. The lowest BCUT2D eigenvalue weighted by atomic mass is 10.0. The van der Waals surface area contributed by atoms with E-state index in [4.69, 9.17) is 4.74 Å². The van der Waals surface area contributed by atoms with Gasteiger partial charge in [0.25, 0.3) is 27.4 Å². The summed E-state index contributed by atoms with van der Waals surface area (Å²) >= 11 is 0. The summed E-state index contributed by atoms with van der Waals surface area (Å²) in [6, 6.07) is 7.80. The Morgan fingerprint density at radius 1 is 0.943 bits per heavy atom. The molecule has 0 unspecified atom stereocenters. The van der Waals surface area contributed by atoms with E-state index < -0.39 is 84.7 Å². The molecule has 282 valence electrons. The molecule has 0 fully saturated rings. The highest BCUT2D eigenvalue weighted by Crippen LogP contribution is 2.23. The third-order valence-electron chi connectivity index (χ3n) is 7.93. The van der Waals surface area contributed by atoms with Crippen LogP contribution in [0.1, 0.15) is 72.2 Å². The van der Waals surface area contributed by atoms with E-state index in [1.165, 1.54) is 34.9 Å². The molecule has 3 N–H and O–H groups in total. The van der Waals surface area contributed by atoms with E-state index in [0.29, 0.717) is 29.0 Å². The van der Waals surface area contributed by atoms with Crippen molar-refractivity contribution < 1.29 is 36.3 Å². The smallest absolute Gasteiger partial charge is 0.335 e. The van der Waals surface area contributed by atoms with Gasteiger partial charge in [0.05, 0.1) is 28.6 Å². The third kappa shape index (κ3) is 9.40. The zero-order valence-electron chi connectivity index (χ0n) is 30.3. The van der Waals surface area contributed by atoms with Crippen molar-refractivity contribution in [2.75, 3.05) is 4.72 Å². The summed E-state index contributed by atoms with van der Waals surface area (Å²) in [4.78, 5) is 68.1. The number of carbonyl (C=O) groups is 3. The first kappa shape index (κ1) is 40.1. The van der Waals surface area contributed by atoms with Gasteiger partial charge in [-0.2, -0.15) is 8.42 Å². The van der Waals surface area contributed by atoms with Crippen LogP contribution in [0.4, 0.5) is 14.5 Å². The normalized spacial score (nSPS) is 12.3. The largest absolute Gasteiger partial charge is 0.461 e. The van der Waals surface area contributed by atoms with Gasteiger partial charge in [0.2, 0.25) is 0 Å². The zero-order chi connectivity index (χ0) is 39.6. The number of sulfonamides is 1. The highest BCUT2D eigenvalue weighted by molar-refractivity contribution is 7.92. The van der Waals surface area contributed by atoms with Crippen molar-refractivity contribution in [3.05, 3.63) is 115 Å². The standard InChI is InChI=1S/C36H40F2N6O8S/c1-19(2)52-34(48)29(15-22-9-12-24(13-10-22)44-33(47)20(3)21(4)43(8)35(44)49)40-32(46)25-16-27(38)28(17-26(25)37)42-53(50,51)30-14-11-23(18-39-30)31(45)41-36(5,6)7/h9-14,16-19,29,42H,15H2,1-8H3,(H,40,46)(H,41,45)/t29-/m0/s1. The van der Waals surface area contributed by atoms with Gasteiger partial charge in [-0.25, -0.2) is 27.9 Å². The van der Waals surface area contributed by atoms with Crippen LogP contribution < -0.4 is 26.6 Å². The molecular weight excluding hydrogens is 714 g/mol. The molecule has 0 saturated carbocycles. The molecular formula is C36H40F2N6O8S. The van der Waals surface area contributed by atoms with E-state index in [2.05, 4.69) is 15.6 Å². The van der Waals surface area contributed by atoms with Crippen molar-refractivity contribution in [1.82, 2.24) is 24.8 Å². The Labute approximate surface area is 304 Å². The number of esters is 1. The number of rotatable bonds is 11. The topological polar surface area (TPSA) is 188 Å². The van der Waals surface area contributed by atoms with Crippen molar-refractivity contribution in [3.63, 3.8) is 0 Å². The van der Waals surface area contributed by atoms with Gasteiger partial charge in [-0.05, 0) is 84.4 Å². The number of nitrogens with zero attached hydrogens (tertiary/aromatic N) is 3. The van der Waals surface area contributed by atoms with E-state index in [1.54, 1.807) is 55.5 Å². The maximum atomic E-state index is 15.3. The first-order valence-electron chi connectivity index (χ1n) is 16.3. The van der Waals surface area contributed by atoms with E-state index in [-0.39, 0.29) is 17.7 Å². The van der Waals surface area contributed by atoms with Crippen LogP contribution in [0.3, 0.4) is 0 Å². The van der Waals surface area contributed by atoms with Gasteiger partial charge >= 0.3 is 11.7 Å². The zero-order valence-corrected chi connectivity index (χ0v) is 31.1. The Balaban J connectivity index is 1.55. The molecule has 53 heavy (non-hydrogen) atoms. The van der Waals surface area contributed by atoms with Crippen LogP contribution in [0.25, 0.3) is 5.69 Å². The second-order valence-corrected chi connectivity index (χ2v) is 15.2. The highest BCUT2D eigenvalue weighted by atomic mass is 32.2. The Morgan fingerprint density at radius 3 is 2.15 bits per heavy atom. The summed E-state index contributed by atoms with van der Waals surface area (Å²) < 4.78 is 65.8. The molecule has 14 nitrogen and oxygen atoms in total. The van der Waals surface area contributed by atoms with Gasteiger partial charge in [0.1, 0.15) is 17.7 Å². The maximum Gasteiger partial charge on any atom is 0.335 e. The Bertz CT molecular complexity index is 2260. The van der Waals surface area contributed by atoms with Crippen LogP contribution in [-0.2, 0) is 33.0 Å². The fourth-order valence-electron chi connectivity index (χ4n) is 5.03. The number of carbonyl (C=O) groups excluding carboxylic acids is 3. The summed E-state index contributed by atoms with van der Waals surface area (Å²) in [6.45, 7) is 11.7. The number of halogens is 2. The lowest BCUT2D eigenvalue weighted by molar-refractivity contribution is -0.149. The lowest BCUT2D eigenvalue weighted by Crippen LogP contribution is -2.44. The molecule has 4 rings (SSSR count). The van der Waals surface area contributed by atoms with Crippen molar-refractivity contribution in [1.29, 1.82) is 0 Å². The number of hydrogen-bond donors (Lipinski definition) is 3. The number of anilines is 1. The molecule has 17 heteroatoms. The predicted octanol–water partition coefficient (Wildman–Crippen LogP) is 3.45. The summed E-state index contributed by atoms with van der Waals surface area (Å²) in [5.41, 5.74) is -1.58. The first-order chi connectivity index (χ1) is 24.6. The van der Waals surface area contributed by atoms with Crippen molar-refractivity contribution in [3.8, 4) is 5.69 Å². The van der Waals surface area contributed by atoms with E-state index >= 15 is 8.78 Å². The van der Waals surface area contributed by atoms with Crippen LogP contribution in [0.2, 0.25) is 0 Å². The minimum atomic E-state index is -4.57. The second kappa shape index (κ2) is 15.5. The lowest BCUT2D eigenvalue weighted by Gasteiger charge is -2.20. The van der Waals surface area contributed by atoms with Crippen LogP contribution >= 0.6 is 0 Å². The average Bonchev–Trinajstić information content (AvgIpc) is 3.07. The SMILES string of the molecule is Cc1c(C)n(C)c(=O)n(-c2ccc(C[C@H](NC(=O)c3cc(F)c(NS(=O)(=O)c4ccc(C(=O)NC(C)(C)C)cn4)cc3F)C(=O)OC(C)C)cc2)c1=O. The predicted molar refractivity (Wildman–Crippen MR) is 192 cm³/mol. The molecule has 0 spiro atoms.